The average Bonchev–Trinajstić information content (AvgIpc) is 2.48. The normalized spacial score (nSPS) is 11.2. The van der Waals surface area contributed by atoms with Gasteiger partial charge in [-0.2, -0.15) is 0 Å². The highest BCUT2D eigenvalue weighted by molar-refractivity contribution is 5.77. The van der Waals surface area contributed by atoms with Crippen LogP contribution in [0, 0.1) is 0 Å². The van der Waals surface area contributed by atoms with Gasteiger partial charge in [-0.05, 0) is 19.5 Å². The SMILES string of the molecule is C=C(CN(CC)CCN(CC)CCN)N(C)C(=O)CCC. The van der Waals surface area contributed by atoms with Crippen LogP contribution >= 0.6 is 0 Å². The summed E-state index contributed by atoms with van der Waals surface area (Å²) in [6.07, 6.45) is 1.46. The lowest BCUT2D eigenvalue weighted by atomic mass is 10.3. The van der Waals surface area contributed by atoms with E-state index in [1.54, 1.807) is 4.90 Å². The first-order valence-corrected chi connectivity index (χ1v) is 8.09. The fourth-order valence-electron chi connectivity index (χ4n) is 2.16. The third-order valence-electron chi connectivity index (χ3n) is 3.79. The average molecular weight is 298 g/mol. The Morgan fingerprint density at radius 3 is 2.10 bits per heavy atom. The van der Waals surface area contributed by atoms with E-state index < -0.39 is 0 Å². The number of hydrogen-bond donors (Lipinski definition) is 1. The summed E-state index contributed by atoms with van der Waals surface area (Å²) in [5, 5.41) is 0. The molecule has 0 aromatic rings. The monoisotopic (exact) mass is 298 g/mol. The molecule has 0 radical (unpaired) electrons. The zero-order valence-electron chi connectivity index (χ0n) is 14.4. The minimum Gasteiger partial charge on any atom is -0.329 e. The van der Waals surface area contributed by atoms with Crippen molar-refractivity contribution < 1.29 is 4.79 Å². The smallest absolute Gasteiger partial charge is 0.226 e. The number of carbonyl (C=O) groups excluding carboxylic acids is 1. The molecule has 0 heterocycles. The third kappa shape index (κ3) is 8.19. The van der Waals surface area contributed by atoms with Crippen molar-refractivity contribution in [3.05, 3.63) is 12.3 Å². The maximum atomic E-state index is 11.9. The molecule has 2 N–H and O–H groups in total. The van der Waals surface area contributed by atoms with Gasteiger partial charge in [0.25, 0.3) is 0 Å². The Hall–Kier alpha value is -0.910. The van der Waals surface area contributed by atoms with Gasteiger partial charge < -0.3 is 15.5 Å². The molecule has 0 aliphatic heterocycles. The second-order valence-electron chi connectivity index (χ2n) is 5.36. The summed E-state index contributed by atoms with van der Waals surface area (Å²) < 4.78 is 0. The van der Waals surface area contributed by atoms with Gasteiger partial charge in [-0.1, -0.05) is 27.4 Å². The number of nitrogens with zero attached hydrogens (tertiary/aromatic N) is 3. The van der Waals surface area contributed by atoms with Gasteiger partial charge in [0, 0.05) is 51.9 Å². The van der Waals surface area contributed by atoms with E-state index in [1.807, 2.05) is 14.0 Å². The van der Waals surface area contributed by atoms with E-state index in [0.717, 1.165) is 51.4 Å². The fraction of sp³-hybridized carbons (Fsp3) is 0.812. The Morgan fingerprint density at radius 1 is 1.05 bits per heavy atom. The van der Waals surface area contributed by atoms with Crippen molar-refractivity contribution >= 4 is 5.91 Å². The molecule has 0 spiro atoms. The first-order valence-electron chi connectivity index (χ1n) is 8.09. The zero-order valence-corrected chi connectivity index (χ0v) is 14.4. The number of rotatable bonds is 12. The molecule has 0 saturated heterocycles. The van der Waals surface area contributed by atoms with Crippen molar-refractivity contribution in [2.24, 2.45) is 5.73 Å². The Bertz CT molecular complexity index is 307. The topological polar surface area (TPSA) is 52.8 Å². The van der Waals surface area contributed by atoms with Gasteiger partial charge in [-0.15, -0.1) is 0 Å². The van der Waals surface area contributed by atoms with Crippen molar-refractivity contribution in [1.29, 1.82) is 0 Å². The van der Waals surface area contributed by atoms with Crippen molar-refractivity contribution in [3.8, 4) is 0 Å². The minimum absolute atomic E-state index is 0.150. The molecule has 124 valence electrons. The maximum absolute atomic E-state index is 11.9. The number of nitrogens with two attached hydrogens (primary N) is 1. The van der Waals surface area contributed by atoms with Gasteiger partial charge in [0.2, 0.25) is 5.91 Å². The maximum Gasteiger partial charge on any atom is 0.226 e. The zero-order chi connectivity index (χ0) is 16.3. The fourth-order valence-corrected chi connectivity index (χ4v) is 2.16. The lowest BCUT2D eigenvalue weighted by molar-refractivity contribution is -0.128. The van der Waals surface area contributed by atoms with Gasteiger partial charge in [0.05, 0.1) is 0 Å². The van der Waals surface area contributed by atoms with Crippen LogP contribution in [0.25, 0.3) is 0 Å². The van der Waals surface area contributed by atoms with Crippen LogP contribution in [0.5, 0.6) is 0 Å². The first kappa shape index (κ1) is 20.1. The predicted molar refractivity (Wildman–Crippen MR) is 90.1 cm³/mol. The minimum atomic E-state index is 0.150. The highest BCUT2D eigenvalue weighted by Crippen LogP contribution is 2.06. The van der Waals surface area contributed by atoms with Gasteiger partial charge in [0.15, 0.2) is 0 Å². The largest absolute Gasteiger partial charge is 0.329 e. The summed E-state index contributed by atoms with van der Waals surface area (Å²) in [6.45, 7) is 16.7. The molecule has 5 heteroatoms. The molecule has 0 saturated carbocycles. The highest BCUT2D eigenvalue weighted by Gasteiger charge is 2.14. The molecule has 0 fully saturated rings. The van der Waals surface area contributed by atoms with Crippen molar-refractivity contribution in [1.82, 2.24) is 14.7 Å². The van der Waals surface area contributed by atoms with Crippen LogP contribution in [-0.4, -0.2) is 73.5 Å². The summed E-state index contributed by atoms with van der Waals surface area (Å²) in [5.41, 5.74) is 6.48. The molecular weight excluding hydrogens is 264 g/mol. The van der Waals surface area contributed by atoms with Crippen LogP contribution in [-0.2, 0) is 4.79 Å². The molecule has 0 aromatic heterocycles. The van der Waals surface area contributed by atoms with Crippen LogP contribution in [0.2, 0.25) is 0 Å². The number of likely N-dealkylation sites (N-methyl/N-ethyl adjacent to an activating group) is 3. The van der Waals surface area contributed by atoms with E-state index in [2.05, 4.69) is 30.2 Å². The molecule has 0 rings (SSSR count). The quantitative estimate of drug-likeness (QED) is 0.591. The van der Waals surface area contributed by atoms with E-state index >= 15 is 0 Å². The molecule has 0 unspecified atom stereocenters. The predicted octanol–water partition coefficient (Wildman–Crippen LogP) is 1.36. The van der Waals surface area contributed by atoms with Gasteiger partial charge in [-0.3, -0.25) is 9.69 Å². The lowest BCUT2D eigenvalue weighted by Gasteiger charge is -2.29. The summed E-state index contributed by atoms with van der Waals surface area (Å²) in [6, 6.07) is 0. The van der Waals surface area contributed by atoms with Crippen LogP contribution in [0.15, 0.2) is 12.3 Å². The molecule has 1 amide bonds. The second kappa shape index (κ2) is 11.7. The van der Waals surface area contributed by atoms with Crippen molar-refractivity contribution in [3.63, 3.8) is 0 Å². The van der Waals surface area contributed by atoms with Gasteiger partial charge in [0.1, 0.15) is 0 Å². The summed E-state index contributed by atoms with van der Waals surface area (Å²) >= 11 is 0. The van der Waals surface area contributed by atoms with E-state index in [0.29, 0.717) is 13.0 Å². The summed E-state index contributed by atoms with van der Waals surface area (Å²) in [4.78, 5) is 18.2. The van der Waals surface area contributed by atoms with Gasteiger partial charge >= 0.3 is 0 Å². The number of amides is 1. The van der Waals surface area contributed by atoms with Crippen LogP contribution in [0.1, 0.15) is 33.6 Å². The summed E-state index contributed by atoms with van der Waals surface area (Å²) in [5.74, 6) is 0.150. The van der Waals surface area contributed by atoms with Crippen LogP contribution in [0.4, 0.5) is 0 Å². The molecule has 0 aliphatic carbocycles. The van der Waals surface area contributed by atoms with Crippen molar-refractivity contribution in [2.75, 3.05) is 52.9 Å². The Morgan fingerprint density at radius 2 is 1.62 bits per heavy atom. The van der Waals surface area contributed by atoms with Crippen LogP contribution < -0.4 is 5.73 Å². The summed E-state index contributed by atoms with van der Waals surface area (Å²) in [7, 11) is 1.82. The van der Waals surface area contributed by atoms with E-state index in [1.165, 1.54) is 0 Å². The van der Waals surface area contributed by atoms with Gasteiger partial charge in [-0.25, -0.2) is 0 Å². The number of carbonyl (C=O) groups is 1. The van der Waals surface area contributed by atoms with E-state index in [-0.39, 0.29) is 5.91 Å². The lowest BCUT2D eigenvalue weighted by Crippen LogP contribution is -2.40. The number of hydrogen-bond acceptors (Lipinski definition) is 4. The van der Waals surface area contributed by atoms with Crippen LogP contribution in [0.3, 0.4) is 0 Å². The van der Waals surface area contributed by atoms with Crippen molar-refractivity contribution in [2.45, 2.75) is 33.6 Å². The second-order valence-corrected chi connectivity index (χ2v) is 5.36. The highest BCUT2D eigenvalue weighted by atomic mass is 16.2. The molecular formula is C16H34N4O. The third-order valence-corrected chi connectivity index (χ3v) is 3.79. The van der Waals surface area contributed by atoms with E-state index in [9.17, 15) is 4.79 Å². The molecule has 0 aliphatic rings. The Labute approximate surface area is 130 Å². The Balaban J connectivity index is 4.29. The molecule has 21 heavy (non-hydrogen) atoms. The van der Waals surface area contributed by atoms with E-state index in [4.69, 9.17) is 5.73 Å². The Kier molecular flexibility index (Phi) is 11.2. The molecule has 0 aromatic carbocycles. The first-order chi connectivity index (χ1) is 9.99. The molecule has 0 bridgehead atoms. The molecule has 0 atom stereocenters. The molecule has 5 nitrogen and oxygen atoms in total. The standard InChI is InChI=1S/C16H34N4O/c1-6-9-16(21)18(5)15(4)14-20(8-3)13-12-19(7-2)11-10-17/h4,6-14,17H2,1-3,5H3.